The minimum absolute atomic E-state index is 0.122. The van der Waals surface area contributed by atoms with Crippen LogP contribution in [0.2, 0.25) is 5.02 Å². The van der Waals surface area contributed by atoms with Gasteiger partial charge in [0.25, 0.3) is 0 Å². The molecule has 4 rings (SSSR count). The molecule has 0 spiro atoms. The maximum absolute atomic E-state index is 13.5. The van der Waals surface area contributed by atoms with Crippen LogP contribution in [0.5, 0.6) is 0 Å². The van der Waals surface area contributed by atoms with Gasteiger partial charge in [0.2, 0.25) is 0 Å². The molecule has 3 nitrogen and oxygen atoms in total. The molecule has 2 unspecified atom stereocenters. The Morgan fingerprint density at radius 1 is 1.06 bits per heavy atom. The second-order valence-corrected chi connectivity index (χ2v) is 9.87. The van der Waals surface area contributed by atoms with Gasteiger partial charge in [-0.3, -0.25) is 0 Å². The molecule has 32 heavy (non-hydrogen) atoms. The molecule has 1 heterocycles. The van der Waals surface area contributed by atoms with Gasteiger partial charge in [0, 0.05) is 50.1 Å². The van der Waals surface area contributed by atoms with Crippen molar-refractivity contribution in [3.63, 3.8) is 0 Å². The van der Waals surface area contributed by atoms with Gasteiger partial charge in [-0.1, -0.05) is 54.4 Å². The number of aliphatic hydroxyl groups is 1. The van der Waals surface area contributed by atoms with E-state index in [2.05, 4.69) is 22.9 Å². The van der Waals surface area contributed by atoms with Gasteiger partial charge in [-0.05, 0) is 61.2 Å². The largest absolute Gasteiger partial charge is 0.385 e. The summed E-state index contributed by atoms with van der Waals surface area (Å²) in [6.07, 6.45) is 6.57. The standard InChI is InChI=1S/C27H34ClFN2O/c1-30-14-16-31(17-15-30)20-24-8-4-3-7-23(18-21-10-12-25(29)13-11-21)27(24,32)19-22-6-2-5-9-26(22)28/h2,5-6,9-13,18,24,32H,3-4,7-8,14-17,19-20H2,1H3. The zero-order chi connectivity index (χ0) is 22.6. The molecule has 1 aliphatic heterocycles. The Labute approximate surface area is 196 Å². The summed E-state index contributed by atoms with van der Waals surface area (Å²) in [5.74, 6) is -0.122. The van der Waals surface area contributed by atoms with E-state index in [1.54, 1.807) is 12.1 Å². The van der Waals surface area contributed by atoms with Crippen LogP contribution in [0.25, 0.3) is 6.08 Å². The molecule has 2 aromatic rings. The predicted molar refractivity (Wildman–Crippen MR) is 130 cm³/mol. The first-order valence-electron chi connectivity index (χ1n) is 11.8. The van der Waals surface area contributed by atoms with Crippen LogP contribution in [-0.2, 0) is 6.42 Å². The average molecular weight is 457 g/mol. The SMILES string of the molecule is CN1CCN(CC2CCCCC(=Cc3ccc(F)cc3)C2(O)Cc2ccccc2Cl)CC1. The van der Waals surface area contributed by atoms with E-state index in [9.17, 15) is 9.50 Å². The highest BCUT2D eigenvalue weighted by atomic mass is 35.5. The second kappa shape index (κ2) is 10.5. The Balaban J connectivity index is 1.69. The lowest BCUT2D eigenvalue weighted by Gasteiger charge is -2.42. The molecule has 0 amide bonds. The quantitative estimate of drug-likeness (QED) is 0.620. The molecule has 2 aromatic carbocycles. The third kappa shape index (κ3) is 5.60. The van der Waals surface area contributed by atoms with Gasteiger partial charge >= 0.3 is 0 Å². The van der Waals surface area contributed by atoms with Gasteiger partial charge in [0.1, 0.15) is 5.82 Å². The van der Waals surface area contributed by atoms with Crippen molar-refractivity contribution in [2.45, 2.75) is 37.7 Å². The average Bonchev–Trinajstić information content (AvgIpc) is 2.92. The van der Waals surface area contributed by atoms with Crippen LogP contribution in [0.1, 0.15) is 36.8 Å². The number of hydrogen-bond acceptors (Lipinski definition) is 3. The minimum Gasteiger partial charge on any atom is -0.385 e. The van der Waals surface area contributed by atoms with E-state index in [1.165, 1.54) is 12.1 Å². The van der Waals surface area contributed by atoms with Crippen molar-refractivity contribution >= 4 is 17.7 Å². The highest BCUT2D eigenvalue weighted by molar-refractivity contribution is 6.31. The van der Waals surface area contributed by atoms with Crippen LogP contribution in [0, 0.1) is 11.7 Å². The first kappa shape index (κ1) is 23.4. The molecule has 0 bridgehead atoms. The highest BCUT2D eigenvalue weighted by Crippen LogP contribution is 2.41. The maximum atomic E-state index is 13.5. The lowest BCUT2D eigenvalue weighted by atomic mass is 9.74. The lowest BCUT2D eigenvalue weighted by molar-refractivity contribution is -0.00642. The molecule has 2 atom stereocenters. The predicted octanol–water partition coefficient (Wildman–Crippen LogP) is 5.27. The molecule has 0 aromatic heterocycles. The number of nitrogens with zero attached hydrogens (tertiary/aromatic N) is 2. The Morgan fingerprint density at radius 3 is 2.50 bits per heavy atom. The van der Waals surface area contributed by atoms with Crippen molar-refractivity contribution in [3.8, 4) is 0 Å². The van der Waals surface area contributed by atoms with E-state index in [-0.39, 0.29) is 11.7 Å². The van der Waals surface area contributed by atoms with Crippen molar-refractivity contribution in [1.29, 1.82) is 0 Å². The van der Waals surface area contributed by atoms with Gasteiger partial charge in [-0.15, -0.1) is 0 Å². The fourth-order valence-electron chi connectivity index (χ4n) is 5.16. The van der Waals surface area contributed by atoms with E-state index in [0.29, 0.717) is 11.4 Å². The van der Waals surface area contributed by atoms with Crippen LogP contribution in [0.4, 0.5) is 4.39 Å². The summed E-state index contributed by atoms with van der Waals surface area (Å²) in [5, 5.41) is 13.1. The first-order valence-corrected chi connectivity index (χ1v) is 12.1. The van der Waals surface area contributed by atoms with Crippen molar-refractivity contribution in [2.75, 3.05) is 39.8 Å². The smallest absolute Gasteiger partial charge is 0.123 e. The third-order valence-corrected chi connectivity index (χ3v) is 7.55. The summed E-state index contributed by atoms with van der Waals surface area (Å²) in [5.41, 5.74) is 1.96. The topological polar surface area (TPSA) is 26.7 Å². The molecule has 2 aliphatic rings. The summed E-state index contributed by atoms with van der Waals surface area (Å²) in [4.78, 5) is 4.86. The summed E-state index contributed by atoms with van der Waals surface area (Å²) in [7, 11) is 2.17. The number of piperazine rings is 1. The van der Waals surface area contributed by atoms with Crippen LogP contribution < -0.4 is 0 Å². The van der Waals surface area contributed by atoms with Gasteiger partial charge in [0.15, 0.2) is 0 Å². The minimum atomic E-state index is -0.987. The lowest BCUT2D eigenvalue weighted by Crippen LogP contribution is -2.51. The fraction of sp³-hybridized carbons (Fsp3) is 0.481. The van der Waals surface area contributed by atoms with Crippen molar-refractivity contribution in [1.82, 2.24) is 9.80 Å². The van der Waals surface area contributed by atoms with Gasteiger partial charge in [-0.25, -0.2) is 4.39 Å². The van der Waals surface area contributed by atoms with E-state index >= 15 is 0 Å². The molecular formula is C27H34ClFN2O. The summed E-state index contributed by atoms with van der Waals surface area (Å²) in [6, 6.07) is 14.4. The van der Waals surface area contributed by atoms with Crippen molar-refractivity contribution < 1.29 is 9.50 Å². The van der Waals surface area contributed by atoms with E-state index < -0.39 is 5.60 Å². The Morgan fingerprint density at radius 2 is 1.78 bits per heavy atom. The molecule has 2 fully saturated rings. The molecule has 172 valence electrons. The maximum Gasteiger partial charge on any atom is 0.123 e. The zero-order valence-electron chi connectivity index (χ0n) is 18.9. The number of likely N-dealkylation sites (N-methyl/N-ethyl adjacent to an activating group) is 1. The Bertz CT molecular complexity index is 924. The summed E-state index contributed by atoms with van der Waals surface area (Å²) in [6.45, 7) is 5.08. The number of benzene rings is 2. The number of halogens is 2. The third-order valence-electron chi connectivity index (χ3n) is 7.18. The molecular weight excluding hydrogens is 423 g/mol. The summed E-state index contributed by atoms with van der Waals surface area (Å²) < 4.78 is 13.5. The number of rotatable bonds is 5. The van der Waals surface area contributed by atoms with Crippen LogP contribution in [0.15, 0.2) is 54.1 Å². The fourth-order valence-corrected chi connectivity index (χ4v) is 5.36. The molecule has 1 saturated carbocycles. The normalized spacial score (nSPS) is 26.9. The highest BCUT2D eigenvalue weighted by Gasteiger charge is 2.42. The molecule has 1 aliphatic carbocycles. The van der Waals surface area contributed by atoms with Crippen LogP contribution >= 0.6 is 11.6 Å². The van der Waals surface area contributed by atoms with E-state index in [0.717, 1.165) is 75.1 Å². The van der Waals surface area contributed by atoms with E-state index in [4.69, 9.17) is 11.6 Å². The summed E-state index contributed by atoms with van der Waals surface area (Å²) >= 11 is 6.54. The van der Waals surface area contributed by atoms with Crippen LogP contribution in [0.3, 0.4) is 0 Å². The number of hydrogen-bond donors (Lipinski definition) is 1. The van der Waals surface area contributed by atoms with Gasteiger partial charge in [0.05, 0.1) is 5.60 Å². The monoisotopic (exact) mass is 456 g/mol. The molecule has 5 heteroatoms. The zero-order valence-corrected chi connectivity index (χ0v) is 19.7. The Hall–Kier alpha value is -1.72. The van der Waals surface area contributed by atoms with Crippen molar-refractivity contribution in [2.24, 2.45) is 5.92 Å². The Kier molecular flexibility index (Phi) is 7.67. The first-order chi connectivity index (χ1) is 15.4. The van der Waals surface area contributed by atoms with Gasteiger partial charge in [-0.2, -0.15) is 0 Å². The molecule has 0 radical (unpaired) electrons. The van der Waals surface area contributed by atoms with E-state index in [1.807, 2.05) is 24.3 Å². The van der Waals surface area contributed by atoms with Gasteiger partial charge < -0.3 is 14.9 Å². The van der Waals surface area contributed by atoms with Crippen LogP contribution in [-0.4, -0.2) is 60.3 Å². The second-order valence-electron chi connectivity index (χ2n) is 9.46. The molecule has 1 saturated heterocycles. The van der Waals surface area contributed by atoms with Crippen molar-refractivity contribution in [3.05, 3.63) is 76.1 Å². The molecule has 1 N–H and O–H groups in total.